The maximum absolute atomic E-state index is 4.79. The van der Waals surface area contributed by atoms with E-state index in [1.807, 2.05) is 7.05 Å². The highest BCUT2D eigenvalue weighted by atomic mass is 15.2. The van der Waals surface area contributed by atoms with Gasteiger partial charge in [0.15, 0.2) is 0 Å². The third-order valence-electron chi connectivity index (χ3n) is 3.79. The molecule has 2 rings (SSSR count). The third-order valence-corrected chi connectivity index (χ3v) is 3.79. The van der Waals surface area contributed by atoms with Gasteiger partial charge in [0.1, 0.15) is 5.82 Å². The molecular weight excluding hydrogens is 210 g/mol. The number of aromatic nitrogens is 1. The predicted molar refractivity (Wildman–Crippen MR) is 72.6 cm³/mol. The van der Waals surface area contributed by atoms with Gasteiger partial charge in [-0.15, -0.1) is 0 Å². The second-order valence-corrected chi connectivity index (χ2v) is 4.95. The van der Waals surface area contributed by atoms with E-state index in [1.165, 1.54) is 12.1 Å². The molecule has 1 aromatic rings. The first-order valence-electron chi connectivity index (χ1n) is 6.63. The van der Waals surface area contributed by atoms with Crippen molar-refractivity contribution in [1.82, 2.24) is 10.3 Å². The van der Waals surface area contributed by atoms with E-state index < -0.39 is 0 Å². The van der Waals surface area contributed by atoms with Crippen LogP contribution in [0.1, 0.15) is 38.3 Å². The molecule has 0 saturated carbocycles. The molecule has 0 spiro atoms. The normalized spacial score (nSPS) is 21.8. The molecule has 1 aliphatic rings. The first-order valence-corrected chi connectivity index (χ1v) is 6.63. The van der Waals surface area contributed by atoms with E-state index in [9.17, 15) is 0 Å². The van der Waals surface area contributed by atoms with Gasteiger partial charge in [0.05, 0.1) is 0 Å². The highest BCUT2D eigenvalue weighted by Gasteiger charge is 2.22. The summed E-state index contributed by atoms with van der Waals surface area (Å²) in [6, 6.07) is 7.02. The van der Waals surface area contributed by atoms with Gasteiger partial charge in [-0.25, -0.2) is 4.98 Å². The molecule has 17 heavy (non-hydrogen) atoms. The van der Waals surface area contributed by atoms with Crippen LogP contribution in [0.15, 0.2) is 18.2 Å². The smallest absolute Gasteiger partial charge is 0.128 e. The van der Waals surface area contributed by atoms with Gasteiger partial charge >= 0.3 is 0 Å². The Kier molecular flexibility index (Phi) is 4.00. The van der Waals surface area contributed by atoms with E-state index in [2.05, 4.69) is 42.3 Å². The molecule has 1 aromatic heterocycles. The van der Waals surface area contributed by atoms with Gasteiger partial charge in [-0.1, -0.05) is 19.9 Å². The van der Waals surface area contributed by atoms with Crippen LogP contribution in [0.4, 0.5) is 5.82 Å². The standard InChI is InChI=1S/C14H23N3/c1-4-11(2)13-6-5-7-14(16-13)17-9-8-12(10-17)15-3/h5-7,11-12,15H,4,8-10H2,1-3H3/t11?,12-/m1/s1. The molecule has 0 aromatic carbocycles. The van der Waals surface area contributed by atoms with Crippen LogP contribution in [-0.2, 0) is 0 Å². The van der Waals surface area contributed by atoms with Crippen LogP contribution in [0, 0.1) is 0 Å². The first kappa shape index (κ1) is 12.4. The zero-order chi connectivity index (χ0) is 12.3. The summed E-state index contributed by atoms with van der Waals surface area (Å²) < 4.78 is 0. The lowest BCUT2D eigenvalue weighted by atomic mass is 10.0. The molecule has 1 unspecified atom stereocenters. The van der Waals surface area contributed by atoms with Crippen molar-refractivity contribution in [1.29, 1.82) is 0 Å². The number of rotatable bonds is 4. The van der Waals surface area contributed by atoms with Crippen LogP contribution in [-0.4, -0.2) is 31.2 Å². The molecule has 0 radical (unpaired) electrons. The van der Waals surface area contributed by atoms with Gasteiger partial charge in [-0.2, -0.15) is 0 Å². The highest BCUT2D eigenvalue weighted by Crippen LogP contribution is 2.22. The quantitative estimate of drug-likeness (QED) is 0.865. The van der Waals surface area contributed by atoms with Crippen molar-refractivity contribution >= 4 is 5.82 Å². The SMILES string of the molecule is CCC(C)c1cccc(N2CC[C@@H](NC)C2)n1. The zero-order valence-corrected chi connectivity index (χ0v) is 11.1. The maximum Gasteiger partial charge on any atom is 0.128 e. The number of nitrogens with one attached hydrogen (secondary N) is 1. The predicted octanol–water partition coefficient (Wildman–Crippen LogP) is 2.39. The minimum absolute atomic E-state index is 0.553. The molecule has 0 aliphatic carbocycles. The van der Waals surface area contributed by atoms with Crippen molar-refractivity contribution in [2.24, 2.45) is 0 Å². The molecule has 1 aliphatic heterocycles. The van der Waals surface area contributed by atoms with Gasteiger partial charge < -0.3 is 10.2 Å². The Hall–Kier alpha value is -1.09. The Labute approximate surface area is 104 Å². The van der Waals surface area contributed by atoms with Crippen molar-refractivity contribution in [3.05, 3.63) is 23.9 Å². The summed E-state index contributed by atoms with van der Waals surface area (Å²) >= 11 is 0. The summed E-state index contributed by atoms with van der Waals surface area (Å²) in [5.74, 6) is 1.69. The van der Waals surface area contributed by atoms with Gasteiger partial charge in [0.25, 0.3) is 0 Å². The van der Waals surface area contributed by atoms with Gasteiger partial charge in [0, 0.05) is 24.8 Å². The van der Waals surface area contributed by atoms with Crippen LogP contribution in [0.3, 0.4) is 0 Å². The van der Waals surface area contributed by atoms with Crippen molar-refractivity contribution in [3.8, 4) is 0 Å². The van der Waals surface area contributed by atoms with Gasteiger partial charge in [0.2, 0.25) is 0 Å². The topological polar surface area (TPSA) is 28.2 Å². The molecule has 2 heterocycles. The van der Waals surface area contributed by atoms with Crippen LogP contribution in [0.25, 0.3) is 0 Å². The summed E-state index contributed by atoms with van der Waals surface area (Å²) in [5, 5.41) is 3.34. The monoisotopic (exact) mass is 233 g/mol. The molecule has 3 nitrogen and oxygen atoms in total. The number of anilines is 1. The van der Waals surface area contributed by atoms with E-state index in [-0.39, 0.29) is 0 Å². The Morgan fingerprint density at radius 3 is 3.00 bits per heavy atom. The molecular formula is C14H23N3. The molecule has 0 amide bonds. The van der Waals surface area contributed by atoms with E-state index >= 15 is 0 Å². The van der Waals surface area contributed by atoms with Crippen LogP contribution in [0.2, 0.25) is 0 Å². The summed E-state index contributed by atoms with van der Waals surface area (Å²) in [6.45, 7) is 6.65. The molecule has 1 N–H and O–H groups in total. The fourth-order valence-electron chi connectivity index (χ4n) is 2.30. The van der Waals surface area contributed by atoms with Crippen molar-refractivity contribution in [2.75, 3.05) is 25.0 Å². The van der Waals surface area contributed by atoms with E-state index in [0.717, 1.165) is 25.3 Å². The summed E-state index contributed by atoms with van der Waals surface area (Å²) in [4.78, 5) is 7.17. The second kappa shape index (κ2) is 5.50. The van der Waals surface area contributed by atoms with Crippen LogP contribution in [0.5, 0.6) is 0 Å². The van der Waals surface area contributed by atoms with E-state index in [4.69, 9.17) is 4.98 Å². The minimum Gasteiger partial charge on any atom is -0.355 e. The highest BCUT2D eigenvalue weighted by molar-refractivity contribution is 5.41. The lowest BCUT2D eigenvalue weighted by Crippen LogP contribution is -2.29. The lowest BCUT2D eigenvalue weighted by Gasteiger charge is -2.19. The van der Waals surface area contributed by atoms with Gasteiger partial charge in [-0.05, 0) is 37.9 Å². The lowest BCUT2D eigenvalue weighted by molar-refractivity contribution is 0.616. The van der Waals surface area contributed by atoms with Crippen molar-refractivity contribution in [2.45, 2.75) is 38.6 Å². The minimum atomic E-state index is 0.553. The summed E-state index contributed by atoms with van der Waals surface area (Å²) in [7, 11) is 2.04. The van der Waals surface area contributed by atoms with Crippen molar-refractivity contribution < 1.29 is 0 Å². The Morgan fingerprint density at radius 1 is 1.53 bits per heavy atom. The van der Waals surface area contributed by atoms with Gasteiger partial charge in [-0.3, -0.25) is 0 Å². The molecule has 0 bridgehead atoms. The number of pyridine rings is 1. The van der Waals surface area contributed by atoms with E-state index in [0.29, 0.717) is 12.0 Å². The summed E-state index contributed by atoms with van der Waals surface area (Å²) in [5.41, 5.74) is 1.22. The molecule has 94 valence electrons. The average Bonchev–Trinajstić information content (AvgIpc) is 2.86. The molecule has 1 saturated heterocycles. The number of likely N-dealkylation sites (N-methyl/N-ethyl adjacent to an activating group) is 1. The molecule has 3 heteroatoms. The third kappa shape index (κ3) is 2.78. The fourth-order valence-corrected chi connectivity index (χ4v) is 2.30. The Bertz CT molecular complexity index is 364. The molecule has 2 atom stereocenters. The van der Waals surface area contributed by atoms with Crippen LogP contribution >= 0.6 is 0 Å². The average molecular weight is 233 g/mol. The zero-order valence-electron chi connectivity index (χ0n) is 11.1. The second-order valence-electron chi connectivity index (χ2n) is 4.95. The fraction of sp³-hybridized carbons (Fsp3) is 0.643. The van der Waals surface area contributed by atoms with Crippen LogP contribution < -0.4 is 10.2 Å². The largest absolute Gasteiger partial charge is 0.355 e. The number of hydrogen-bond acceptors (Lipinski definition) is 3. The Morgan fingerprint density at radius 2 is 2.35 bits per heavy atom. The number of nitrogens with zero attached hydrogens (tertiary/aromatic N) is 2. The Balaban J connectivity index is 2.11. The maximum atomic E-state index is 4.79. The molecule has 1 fully saturated rings. The number of hydrogen-bond donors (Lipinski definition) is 1. The van der Waals surface area contributed by atoms with Crippen molar-refractivity contribution in [3.63, 3.8) is 0 Å². The summed E-state index contributed by atoms with van der Waals surface area (Å²) in [6.07, 6.45) is 2.36. The first-order chi connectivity index (χ1) is 8.24. The van der Waals surface area contributed by atoms with E-state index in [1.54, 1.807) is 0 Å².